The van der Waals surface area contributed by atoms with Gasteiger partial charge in [-0.25, -0.2) is 0 Å². The van der Waals surface area contributed by atoms with Crippen LogP contribution in [-0.2, 0) is 0 Å². The lowest BCUT2D eigenvalue weighted by molar-refractivity contribution is 0.0962. The third kappa shape index (κ3) is 2.50. The van der Waals surface area contributed by atoms with Crippen molar-refractivity contribution in [3.8, 4) is 0 Å². The van der Waals surface area contributed by atoms with Gasteiger partial charge in [0.05, 0.1) is 5.39 Å². The minimum Gasteiger partial charge on any atom is -0.425 e. The molecule has 0 aliphatic carbocycles. The van der Waals surface area contributed by atoms with Crippen LogP contribution in [-0.4, -0.2) is 12.5 Å². The van der Waals surface area contributed by atoms with E-state index in [-0.39, 0.29) is 28.3 Å². The lowest BCUT2D eigenvalue weighted by atomic mass is 10.2. The highest BCUT2D eigenvalue weighted by Gasteiger charge is 2.22. The van der Waals surface area contributed by atoms with Gasteiger partial charge in [0.1, 0.15) is 11.0 Å². The SMILES string of the molecule is CCN(C(=O)c1cc2c(=O)c3ccccc3oc2o1)c1ccccc1. The summed E-state index contributed by atoms with van der Waals surface area (Å²) in [6.07, 6.45) is 0. The Labute approximate surface area is 143 Å². The molecule has 0 aliphatic heterocycles. The monoisotopic (exact) mass is 333 g/mol. The second kappa shape index (κ2) is 5.94. The quantitative estimate of drug-likeness (QED) is 0.563. The zero-order chi connectivity index (χ0) is 17.4. The number of para-hydroxylation sites is 2. The van der Waals surface area contributed by atoms with E-state index in [9.17, 15) is 9.59 Å². The second-order valence-electron chi connectivity index (χ2n) is 5.62. The first-order valence-corrected chi connectivity index (χ1v) is 8.01. The highest BCUT2D eigenvalue weighted by atomic mass is 16.5. The fourth-order valence-electron chi connectivity index (χ4n) is 2.89. The van der Waals surface area contributed by atoms with Gasteiger partial charge in [0.25, 0.3) is 5.91 Å². The van der Waals surface area contributed by atoms with Gasteiger partial charge < -0.3 is 13.7 Å². The zero-order valence-electron chi connectivity index (χ0n) is 13.6. The van der Waals surface area contributed by atoms with Gasteiger partial charge in [0, 0.05) is 18.3 Å². The number of nitrogens with zero attached hydrogens (tertiary/aromatic N) is 1. The molecule has 4 aromatic rings. The highest BCUT2D eigenvalue weighted by molar-refractivity contribution is 6.06. The number of carbonyl (C=O) groups is 1. The van der Waals surface area contributed by atoms with E-state index in [1.54, 1.807) is 29.2 Å². The molecule has 5 heteroatoms. The van der Waals surface area contributed by atoms with Crippen molar-refractivity contribution >= 4 is 33.7 Å². The first kappa shape index (κ1) is 15.2. The summed E-state index contributed by atoms with van der Waals surface area (Å²) in [5.41, 5.74) is 0.992. The van der Waals surface area contributed by atoms with Crippen molar-refractivity contribution in [2.24, 2.45) is 0 Å². The Morgan fingerprint density at radius 2 is 1.68 bits per heavy atom. The van der Waals surface area contributed by atoms with Crippen molar-refractivity contribution < 1.29 is 13.6 Å². The molecule has 2 aromatic carbocycles. The molecule has 0 N–H and O–H groups in total. The fraction of sp³-hybridized carbons (Fsp3) is 0.100. The molecule has 124 valence electrons. The van der Waals surface area contributed by atoms with E-state index in [4.69, 9.17) is 8.83 Å². The van der Waals surface area contributed by atoms with Gasteiger partial charge in [0.2, 0.25) is 5.43 Å². The van der Waals surface area contributed by atoms with Gasteiger partial charge in [-0.05, 0) is 31.2 Å². The molecule has 0 saturated carbocycles. The lowest BCUT2D eigenvalue weighted by Gasteiger charge is -2.19. The number of furan rings is 1. The van der Waals surface area contributed by atoms with Crippen LogP contribution in [0.15, 0.2) is 74.3 Å². The molecule has 2 heterocycles. The first-order valence-electron chi connectivity index (χ1n) is 8.01. The number of benzene rings is 2. The van der Waals surface area contributed by atoms with Crippen molar-refractivity contribution in [3.05, 3.63) is 76.6 Å². The fourth-order valence-corrected chi connectivity index (χ4v) is 2.89. The summed E-state index contributed by atoms with van der Waals surface area (Å²) in [6.45, 7) is 2.36. The van der Waals surface area contributed by atoms with E-state index in [0.29, 0.717) is 17.5 Å². The Morgan fingerprint density at radius 3 is 2.44 bits per heavy atom. The van der Waals surface area contributed by atoms with Crippen molar-refractivity contribution in [2.75, 3.05) is 11.4 Å². The van der Waals surface area contributed by atoms with Crippen LogP contribution < -0.4 is 10.3 Å². The molecular weight excluding hydrogens is 318 g/mol. The summed E-state index contributed by atoms with van der Waals surface area (Å²) in [5, 5.41) is 0.733. The summed E-state index contributed by atoms with van der Waals surface area (Å²) in [4.78, 5) is 27.0. The lowest BCUT2D eigenvalue weighted by Crippen LogP contribution is -2.30. The van der Waals surface area contributed by atoms with Gasteiger partial charge >= 0.3 is 5.78 Å². The second-order valence-corrected chi connectivity index (χ2v) is 5.62. The predicted molar refractivity (Wildman–Crippen MR) is 96.0 cm³/mol. The molecule has 0 bridgehead atoms. The maximum atomic E-state index is 12.8. The van der Waals surface area contributed by atoms with Crippen molar-refractivity contribution in [3.63, 3.8) is 0 Å². The van der Waals surface area contributed by atoms with Crippen LogP contribution in [0.2, 0.25) is 0 Å². The molecule has 2 aromatic heterocycles. The smallest absolute Gasteiger partial charge is 0.302 e. The maximum Gasteiger partial charge on any atom is 0.302 e. The Morgan fingerprint density at radius 1 is 0.960 bits per heavy atom. The van der Waals surface area contributed by atoms with Crippen LogP contribution in [0, 0.1) is 0 Å². The number of amides is 1. The number of rotatable bonds is 3. The van der Waals surface area contributed by atoms with E-state index in [1.807, 2.05) is 37.3 Å². The average molecular weight is 333 g/mol. The molecule has 4 rings (SSSR count). The number of carbonyl (C=O) groups excluding carboxylic acids is 1. The summed E-state index contributed by atoms with van der Waals surface area (Å²) in [5.74, 6) is -0.170. The predicted octanol–water partition coefficient (Wildman–Crippen LogP) is 4.21. The van der Waals surface area contributed by atoms with Crippen LogP contribution in [0.1, 0.15) is 17.5 Å². The number of hydrogen-bond acceptors (Lipinski definition) is 4. The van der Waals surface area contributed by atoms with Gasteiger partial charge in [-0.2, -0.15) is 0 Å². The number of hydrogen-bond donors (Lipinski definition) is 0. The van der Waals surface area contributed by atoms with Crippen LogP contribution in [0.25, 0.3) is 22.1 Å². The molecule has 0 saturated heterocycles. The Balaban J connectivity index is 1.84. The molecule has 0 radical (unpaired) electrons. The largest absolute Gasteiger partial charge is 0.425 e. The number of anilines is 1. The Hall–Kier alpha value is -3.34. The third-order valence-corrected chi connectivity index (χ3v) is 4.12. The van der Waals surface area contributed by atoms with Crippen LogP contribution in [0.3, 0.4) is 0 Å². The van der Waals surface area contributed by atoms with E-state index < -0.39 is 0 Å². The van der Waals surface area contributed by atoms with Gasteiger partial charge in [-0.3, -0.25) is 9.59 Å². The van der Waals surface area contributed by atoms with Crippen molar-refractivity contribution in [1.29, 1.82) is 0 Å². The standard InChI is InChI=1S/C20H15NO4/c1-2-21(13-8-4-3-5-9-13)19(23)17-12-15-18(22)14-10-6-7-11-16(14)24-20(15)25-17/h3-12H,2H2,1H3. The molecule has 25 heavy (non-hydrogen) atoms. The van der Waals surface area contributed by atoms with Crippen LogP contribution >= 0.6 is 0 Å². The number of fused-ring (bicyclic) bond motifs is 2. The molecule has 1 amide bonds. The molecule has 0 atom stereocenters. The molecule has 0 fully saturated rings. The summed E-state index contributed by atoms with van der Waals surface area (Å²) in [6, 6.07) is 17.7. The van der Waals surface area contributed by atoms with Gasteiger partial charge in [0.15, 0.2) is 5.76 Å². The van der Waals surface area contributed by atoms with Crippen molar-refractivity contribution in [1.82, 2.24) is 0 Å². The summed E-state index contributed by atoms with van der Waals surface area (Å²) in [7, 11) is 0. The molecular formula is C20H15NO4. The topological polar surface area (TPSA) is 63.7 Å². The van der Waals surface area contributed by atoms with E-state index in [1.165, 1.54) is 6.07 Å². The van der Waals surface area contributed by atoms with Gasteiger partial charge in [-0.1, -0.05) is 30.3 Å². The summed E-state index contributed by atoms with van der Waals surface area (Å²) < 4.78 is 11.2. The third-order valence-electron chi connectivity index (χ3n) is 4.12. The highest BCUT2D eigenvalue weighted by Crippen LogP contribution is 2.24. The van der Waals surface area contributed by atoms with Crippen molar-refractivity contribution in [2.45, 2.75) is 6.92 Å². The van der Waals surface area contributed by atoms with E-state index in [2.05, 4.69) is 0 Å². The summed E-state index contributed by atoms with van der Waals surface area (Å²) >= 11 is 0. The molecule has 0 spiro atoms. The van der Waals surface area contributed by atoms with Crippen LogP contribution in [0.5, 0.6) is 0 Å². The minimum absolute atomic E-state index is 0.0659. The van der Waals surface area contributed by atoms with Gasteiger partial charge in [-0.15, -0.1) is 0 Å². The first-order chi connectivity index (χ1) is 12.2. The van der Waals surface area contributed by atoms with E-state index >= 15 is 0 Å². The Kier molecular flexibility index (Phi) is 3.61. The maximum absolute atomic E-state index is 12.8. The zero-order valence-corrected chi connectivity index (χ0v) is 13.6. The molecule has 5 nitrogen and oxygen atoms in total. The molecule has 0 unspecified atom stereocenters. The minimum atomic E-state index is -0.316. The van der Waals surface area contributed by atoms with Crippen LogP contribution in [0.4, 0.5) is 5.69 Å². The normalized spacial score (nSPS) is 11.1. The average Bonchev–Trinajstić information content (AvgIpc) is 3.08. The van der Waals surface area contributed by atoms with E-state index in [0.717, 1.165) is 5.69 Å². The molecule has 0 aliphatic rings. The Bertz CT molecular complexity index is 1120.